The lowest BCUT2D eigenvalue weighted by Crippen LogP contribution is -2.20. The van der Waals surface area contributed by atoms with E-state index in [1.807, 2.05) is 0 Å². The van der Waals surface area contributed by atoms with Crippen molar-refractivity contribution in [1.29, 1.82) is 0 Å². The number of anilines is 1. The summed E-state index contributed by atoms with van der Waals surface area (Å²) in [5.74, 6) is 0.461. The number of methoxy groups -OCH3 is 1. The van der Waals surface area contributed by atoms with Gasteiger partial charge >= 0.3 is 0 Å². The minimum Gasteiger partial charge on any atom is -0.467 e. The van der Waals surface area contributed by atoms with Crippen LogP contribution in [0.1, 0.15) is 5.69 Å². The van der Waals surface area contributed by atoms with Crippen molar-refractivity contribution in [2.45, 2.75) is 6.61 Å². The van der Waals surface area contributed by atoms with Gasteiger partial charge in [-0.1, -0.05) is 0 Å². The molecule has 0 unspecified atom stereocenters. The fourth-order valence-electron chi connectivity index (χ4n) is 1.98. The number of nitrogens with one attached hydrogen (secondary N) is 1. The number of ether oxygens (including phenoxy) is 2. The third-order valence-electron chi connectivity index (χ3n) is 3.02. The number of carbonyl (C=O) groups excluding carboxylic acids is 1. The van der Waals surface area contributed by atoms with Gasteiger partial charge in [0.1, 0.15) is 0 Å². The highest BCUT2D eigenvalue weighted by atomic mass is 32.1. The van der Waals surface area contributed by atoms with Crippen LogP contribution in [-0.4, -0.2) is 39.6 Å². The maximum absolute atomic E-state index is 11.9. The van der Waals surface area contributed by atoms with Gasteiger partial charge in [0.25, 0.3) is 5.91 Å². The predicted octanol–water partition coefficient (Wildman–Crippen LogP) is 2.16. The lowest BCUT2D eigenvalue weighted by Gasteiger charge is -2.09. The number of amides is 1. The van der Waals surface area contributed by atoms with Crippen LogP contribution in [0.4, 0.5) is 5.13 Å². The van der Waals surface area contributed by atoms with E-state index in [4.69, 9.17) is 9.47 Å². The van der Waals surface area contributed by atoms with Gasteiger partial charge in [0.05, 0.1) is 12.3 Å². The quantitative estimate of drug-likeness (QED) is 0.691. The van der Waals surface area contributed by atoms with Crippen LogP contribution in [-0.2, 0) is 16.1 Å². The monoisotopic (exact) mass is 357 g/mol. The molecule has 0 aliphatic heterocycles. The summed E-state index contributed by atoms with van der Waals surface area (Å²) in [6.07, 6.45) is 4.93. The highest BCUT2D eigenvalue weighted by Gasteiger charge is 2.10. The molecule has 0 saturated heterocycles. The molecule has 0 bridgehead atoms. The van der Waals surface area contributed by atoms with Crippen LogP contribution >= 0.6 is 11.3 Å². The van der Waals surface area contributed by atoms with Crippen molar-refractivity contribution in [3.05, 3.63) is 47.9 Å². The summed E-state index contributed by atoms with van der Waals surface area (Å²) in [4.78, 5) is 28.6. The predicted molar refractivity (Wildman–Crippen MR) is 92.2 cm³/mol. The van der Waals surface area contributed by atoms with Crippen molar-refractivity contribution in [2.75, 3.05) is 19.0 Å². The zero-order chi connectivity index (χ0) is 17.5. The first-order valence-corrected chi connectivity index (χ1v) is 8.22. The van der Waals surface area contributed by atoms with Crippen molar-refractivity contribution in [3.8, 4) is 17.3 Å². The molecule has 0 fully saturated rings. The fourth-order valence-corrected chi connectivity index (χ4v) is 2.52. The normalized spacial score (nSPS) is 10.4. The molecule has 3 rings (SSSR count). The van der Waals surface area contributed by atoms with E-state index in [0.717, 1.165) is 5.56 Å². The Morgan fingerprint density at radius 3 is 2.80 bits per heavy atom. The number of aromatic nitrogens is 4. The van der Waals surface area contributed by atoms with Crippen molar-refractivity contribution in [3.63, 3.8) is 0 Å². The van der Waals surface area contributed by atoms with E-state index in [9.17, 15) is 4.79 Å². The zero-order valence-corrected chi connectivity index (χ0v) is 14.2. The molecule has 0 aliphatic rings. The minimum absolute atomic E-state index is 0.182. The number of nitrogens with zero attached hydrogens (tertiary/aromatic N) is 4. The summed E-state index contributed by atoms with van der Waals surface area (Å²) in [6.45, 7) is 0.126. The lowest BCUT2D eigenvalue weighted by atomic mass is 10.2. The Labute approximate surface area is 147 Å². The van der Waals surface area contributed by atoms with E-state index in [0.29, 0.717) is 29.1 Å². The number of hydrogen-bond donors (Lipinski definition) is 1. The van der Waals surface area contributed by atoms with Gasteiger partial charge < -0.3 is 9.47 Å². The molecule has 0 aliphatic carbocycles. The van der Waals surface area contributed by atoms with Crippen molar-refractivity contribution < 1.29 is 14.3 Å². The van der Waals surface area contributed by atoms with Crippen LogP contribution in [0.25, 0.3) is 11.4 Å². The summed E-state index contributed by atoms with van der Waals surface area (Å²) in [5.41, 5.74) is 1.45. The van der Waals surface area contributed by atoms with Crippen molar-refractivity contribution >= 4 is 22.4 Å². The van der Waals surface area contributed by atoms with Crippen LogP contribution in [0.3, 0.4) is 0 Å². The Kier molecular flexibility index (Phi) is 5.60. The summed E-state index contributed by atoms with van der Waals surface area (Å²) in [5, 5.41) is 4.94. The second-order valence-corrected chi connectivity index (χ2v) is 5.76. The van der Waals surface area contributed by atoms with Gasteiger partial charge in [-0.2, -0.15) is 4.98 Å². The molecule has 128 valence electrons. The van der Waals surface area contributed by atoms with Crippen molar-refractivity contribution in [1.82, 2.24) is 19.9 Å². The van der Waals surface area contributed by atoms with Crippen LogP contribution in [0.2, 0.25) is 0 Å². The molecule has 3 heterocycles. The number of thiazole rings is 1. The molecule has 1 N–H and O–H groups in total. The second kappa shape index (κ2) is 8.27. The van der Waals surface area contributed by atoms with Crippen LogP contribution in [0, 0.1) is 0 Å². The topological polar surface area (TPSA) is 99.1 Å². The molecule has 9 heteroatoms. The summed E-state index contributed by atoms with van der Waals surface area (Å²) in [6, 6.07) is 5.24. The molecule has 0 atom stereocenters. The molecule has 0 saturated carbocycles. The summed E-state index contributed by atoms with van der Waals surface area (Å²) in [7, 11) is 1.58. The van der Waals surface area contributed by atoms with Gasteiger partial charge in [-0.15, -0.1) is 11.3 Å². The molecule has 3 aromatic heterocycles. The first kappa shape index (κ1) is 16.9. The Morgan fingerprint density at radius 1 is 1.24 bits per heavy atom. The molecule has 25 heavy (non-hydrogen) atoms. The van der Waals surface area contributed by atoms with Crippen LogP contribution < -0.4 is 10.1 Å². The standard InChI is InChI=1S/C16H15N5O3S/c1-23-9-12-8-14(21-15(19-12)11-2-4-17-5-3-11)24-10-13(22)20-16-18-6-7-25-16/h2-8H,9-10H2,1H3,(H,18,20,22). The Morgan fingerprint density at radius 2 is 2.08 bits per heavy atom. The lowest BCUT2D eigenvalue weighted by molar-refractivity contribution is -0.118. The molecule has 3 aromatic rings. The first-order valence-electron chi connectivity index (χ1n) is 7.34. The average Bonchev–Trinajstić information content (AvgIpc) is 3.14. The van der Waals surface area contributed by atoms with E-state index < -0.39 is 0 Å². The van der Waals surface area contributed by atoms with E-state index in [-0.39, 0.29) is 12.5 Å². The smallest absolute Gasteiger partial charge is 0.264 e. The van der Waals surface area contributed by atoms with E-state index in [2.05, 4.69) is 25.3 Å². The van der Waals surface area contributed by atoms with Crippen LogP contribution in [0.15, 0.2) is 42.2 Å². The highest BCUT2D eigenvalue weighted by Crippen LogP contribution is 2.19. The molecule has 8 nitrogen and oxygen atoms in total. The number of hydrogen-bond acceptors (Lipinski definition) is 8. The Balaban J connectivity index is 1.73. The molecule has 0 spiro atoms. The number of pyridine rings is 1. The maximum Gasteiger partial charge on any atom is 0.264 e. The van der Waals surface area contributed by atoms with Gasteiger partial charge in [-0.25, -0.2) is 9.97 Å². The van der Waals surface area contributed by atoms with E-state index >= 15 is 0 Å². The number of rotatable bonds is 7. The van der Waals surface area contributed by atoms with E-state index in [1.165, 1.54) is 11.3 Å². The van der Waals surface area contributed by atoms with Gasteiger partial charge in [-0.05, 0) is 12.1 Å². The third kappa shape index (κ3) is 4.78. The fraction of sp³-hybridized carbons (Fsp3) is 0.188. The van der Waals surface area contributed by atoms with Gasteiger partial charge in [0.2, 0.25) is 5.88 Å². The molecular weight excluding hydrogens is 342 g/mol. The largest absolute Gasteiger partial charge is 0.467 e. The van der Waals surface area contributed by atoms with Gasteiger partial charge in [0.15, 0.2) is 17.6 Å². The van der Waals surface area contributed by atoms with Gasteiger partial charge in [0, 0.05) is 42.7 Å². The number of carbonyl (C=O) groups is 1. The minimum atomic E-state index is -0.313. The zero-order valence-electron chi connectivity index (χ0n) is 13.4. The first-order chi connectivity index (χ1) is 12.2. The van der Waals surface area contributed by atoms with Crippen LogP contribution in [0.5, 0.6) is 5.88 Å². The summed E-state index contributed by atoms with van der Waals surface area (Å²) < 4.78 is 10.6. The maximum atomic E-state index is 11.9. The summed E-state index contributed by atoms with van der Waals surface area (Å²) >= 11 is 1.34. The third-order valence-corrected chi connectivity index (χ3v) is 3.70. The second-order valence-electron chi connectivity index (χ2n) is 4.86. The molecular formula is C16H15N5O3S. The Bertz CT molecular complexity index is 827. The van der Waals surface area contributed by atoms with Gasteiger partial charge in [-0.3, -0.25) is 15.1 Å². The average molecular weight is 357 g/mol. The molecule has 0 aromatic carbocycles. The van der Waals surface area contributed by atoms with E-state index in [1.54, 1.807) is 49.3 Å². The molecule has 0 radical (unpaired) electrons. The van der Waals surface area contributed by atoms with Crippen molar-refractivity contribution in [2.24, 2.45) is 0 Å². The molecule has 1 amide bonds. The Hall–Kier alpha value is -2.91. The highest BCUT2D eigenvalue weighted by molar-refractivity contribution is 7.13. The SMILES string of the molecule is COCc1cc(OCC(=O)Nc2nccs2)nc(-c2ccncc2)n1.